The van der Waals surface area contributed by atoms with Crippen molar-refractivity contribution in [3.05, 3.63) is 21.3 Å². The molecule has 0 aliphatic heterocycles. The molecule has 0 amide bonds. The Morgan fingerprint density at radius 3 is 2.83 bits per heavy atom. The van der Waals surface area contributed by atoms with Crippen LogP contribution in [0.4, 0.5) is 0 Å². The zero-order chi connectivity index (χ0) is 9.14. The second-order valence-electron chi connectivity index (χ2n) is 2.55. The van der Waals surface area contributed by atoms with Gasteiger partial charge in [0.1, 0.15) is 0 Å². The molecule has 0 aromatic carbocycles. The average Bonchev–Trinajstić information content (AvgIpc) is 2.33. The molecule has 0 spiro atoms. The van der Waals surface area contributed by atoms with Gasteiger partial charge in [-0.05, 0) is 16.9 Å². The van der Waals surface area contributed by atoms with Crippen molar-refractivity contribution < 1.29 is 8.76 Å². The lowest BCUT2D eigenvalue weighted by molar-refractivity contribution is 0.532. The van der Waals surface area contributed by atoms with Gasteiger partial charge >= 0.3 is 0 Å². The predicted molar refractivity (Wildman–Crippen MR) is 51.5 cm³/mol. The van der Waals surface area contributed by atoms with E-state index in [1.165, 1.54) is 11.3 Å². The SMILES string of the molecule is CC(CS(=O)[O-])c1cscc1Cl. The van der Waals surface area contributed by atoms with Gasteiger partial charge < -0.3 is 4.55 Å². The molecule has 2 nitrogen and oxygen atoms in total. The highest BCUT2D eigenvalue weighted by Crippen LogP contribution is 2.28. The zero-order valence-corrected chi connectivity index (χ0v) is 8.84. The Kier molecular flexibility index (Phi) is 3.71. The van der Waals surface area contributed by atoms with Gasteiger partial charge in [0.15, 0.2) is 0 Å². The Morgan fingerprint density at radius 1 is 1.75 bits per heavy atom. The standard InChI is InChI=1S/C7H9ClO2S2/c1-5(4-12(9)10)6-2-11-3-7(6)8/h2-3,5H,4H2,1H3,(H,9,10)/p-1. The van der Waals surface area contributed by atoms with Crippen LogP contribution in [0.2, 0.25) is 5.02 Å². The van der Waals surface area contributed by atoms with Gasteiger partial charge in [-0.25, -0.2) is 0 Å². The van der Waals surface area contributed by atoms with Gasteiger partial charge in [0.2, 0.25) is 0 Å². The average molecular weight is 224 g/mol. The Morgan fingerprint density at radius 2 is 2.42 bits per heavy atom. The lowest BCUT2D eigenvalue weighted by Crippen LogP contribution is -2.04. The van der Waals surface area contributed by atoms with Crippen molar-refractivity contribution in [1.82, 2.24) is 0 Å². The molecular weight excluding hydrogens is 216 g/mol. The summed E-state index contributed by atoms with van der Waals surface area (Å²) in [7, 11) is 0. The highest BCUT2D eigenvalue weighted by Gasteiger charge is 2.09. The van der Waals surface area contributed by atoms with Gasteiger partial charge in [0, 0.05) is 11.1 Å². The third-order valence-electron chi connectivity index (χ3n) is 1.56. The third-order valence-corrected chi connectivity index (χ3v) is 3.55. The van der Waals surface area contributed by atoms with Gasteiger partial charge in [-0.15, -0.1) is 0 Å². The van der Waals surface area contributed by atoms with Crippen LogP contribution in [0.3, 0.4) is 0 Å². The fraction of sp³-hybridized carbons (Fsp3) is 0.429. The topological polar surface area (TPSA) is 40.1 Å². The summed E-state index contributed by atoms with van der Waals surface area (Å²) in [6, 6.07) is 0. The zero-order valence-electron chi connectivity index (χ0n) is 6.45. The van der Waals surface area contributed by atoms with Crippen LogP contribution in [0.25, 0.3) is 0 Å². The van der Waals surface area contributed by atoms with Crippen molar-refractivity contribution in [2.24, 2.45) is 0 Å². The summed E-state index contributed by atoms with van der Waals surface area (Å²) in [5.74, 6) is 0.123. The summed E-state index contributed by atoms with van der Waals surface area (Å²) in [6.45, 7) is 1.85. The molecule has 0 saturated heterocycles. The number of halogens is 1. The molecule has 0 aliphatic carbocycles. The summed E-state index contributed by atoms with van der Waals surface area (Å²) in [6.07, 6.45) is 0. The van der Waals surface area contributed by atoms with Crippen molar-refractivity contribution in [1.29, 1.82) is 0 Å². The molecule has 1 heterocycles. The second-order valence-corrected chi connectivity index (χ2v) is 4.64. The second kappa shape index (κ2) is 4.37. The first-order chi connectivity index (χ1) is 5.61. The van der Waals surface area contributed by atoms with E-state index in [1.807, 2.05) is 12.3 Å². The quantitative estimate of drug-likeness (QED) is 0.739. The van der Waals surface area contributed by atoms with E-state index in [1.54, 1.807) is 5.38 Å². The van der Waals surface area contributed by atoms with Crippen molar-refractivity contribution in [2.45, 2.75) is 12.8 Å². The van der Waals surface area contributed by atoms with Crippen LogP contribution in [-0.4, -0.2) is 14.5 Å². The van der Waals surface area contributed by atoms with E-state index in [9.17, 15) is 8.76 Å². The summed E-state index contributed by atoms with van der Waals surface area (Å²) < 4.78 is 20.8. The molecule has 68 valence electrons. The van der Waals surface area contributed by atoms with Crippen molar-refractivity contribution in [3.8, 4) is 0 Å². The summed E-state index contributed by atoms with van der Waals surface area (Å²) in [4.78, 5) is 0. The van der Waals surface area contributed by atoms with Crippen molar-refractivity contribution >= 4 is 34.0 Å². The molecular formula is C7H8ClO2S2-. The minimum absolute atomic E-state index is 0.0120. The molecule has 2 unspecified atom stereocenters. The number of hydrogen-bond donors (Lipinski definition) is 0. The maximum Gasteiger partial charge on any atom is 0.0547 e. The highest BCUT2D eigenvalue weighted by atomic mass is 35.5. The third kappa shape index (κ3) is 2.55. The molecule has 2 atom stereocenters. The maximum absolute atomic E-state index is 10.4. The smallest absolute Gasteiger partial charge is 0.0547 e. The van der Waals surface area contributed by atoms with E-state index in [0.717, 1.165) is 5.56 Å². The predicted octanol–water partition coefficient (Wildman–Crippen LogP) is 2.38. The normalized spacial score (nSPS) is 15.9. The summed E-state index contributed by atoms with van der Waals surface area (Å²) in [5, 5.41) is 4.36. The lowest BCUT2D eigenvalue weighted by atomic mass is 10.1. The molecule has 0 fully saturated rings. The van der Waals surface area contributed by atoms with E-state index < -0.39 is 11.1 Å². The van der Waals surface area contributed by atoms with E-state index >= 15 is 0 Å². The van der Waals surface area contributed by atoms with E-state index in [2.05, 4.69) is 0 Å². The molecule has 0 saturated carbocycles. The Bertz CT molecular complexity index is 285. The van der Waals surface area contributed by atoms with Gasteiger partial charge in [-0.2, -0.15) is 11.3 Å². The van der Waals surface area contributed by atoms with Crippen molar-refractivity contribution in [2.75, 3.05) is 5.75 Å². The first kappa shape index (κ1) is 10.2. The van der Waals surface area contributed by atoms with Crippen LogP contribution in [0.15, 0.2) is 10.8 Å². The van der Waals surface area contributed by atoms with Gasteiger partial charge in [-0.3, -0.25) is 4.21 Å². The largest absolute Gasteiger partial charge is 0.772 e. The van der Waals surface area contributed by atoms with Gasteiger partial charge in [-0.1, -0.05) is 29.6 Å². The monoisotopic (exact) mass is 223 g/mol. The number of thiophene rings is 1. The Labute approximate surface area is 82.8 Å². The van der Waals surface area contributed by atoms with Crippen LogP contribution in [0.1, 0.15) is 18.4 Å². The molecule has 12 heavy (non-hydrogen) atoms. The Hall–Kier alpha value is 0.1000. The number of hydrogen-bond acceptors (Lipinski definition) is 3. The minimum atomic E-state index is -1.99. The van der Waals surface area contributed by atoms with Crippen LogP contribution < -0.4 is 0 Å². The van der Waals surface area contributed by atoms with Crippen LogP contribution in [-0.2, 0) is 11.1 Å². The molecule has 0 aliphatic rings. The van der Waals surface area contributed by atoms with Gasteiger partial charge in [0.05, 0.1) is 5.02 Å². The lowest BCUT2D eigenvalue weighted by Gasteiger charge is -2.12. The van der Waals surface area contributed by atoms with E-state index in [-0.39, 0.29) is 11.7 Å². The molecule has 0 bridgehead atoms. The summed E-state index contributed by atoms with van der Waals surface area (Å²) in [5.41, 5.74) is 0.922. The molecule has 0 radical (unpaired) electrons. The molecule has 1 aromatic rings. The Balaban J connectivity index is 2.71. The molecule has 5 heteroatoms. The first-order valence-electron chi connectivity index (χ1n) is 3.38. The van der Waals surface area contributed by atoms with Crippen molar-refractivity contribution in [3.63, 3.8) is 0 Å². The molecule has 0 N–H and O–H groups in total. The fourth-order valence-corrected chi connectivity index (χ4v) is 2.81. The van der Waals surface area contributed by atoms with Crippen LogP contribution >= 0.6 is 22.9 Å². The minimum Gasteiger partial charge on any atom is -0.772 e. The molecule has 1 rings (SSSR count). The molecule has 1 aromatic heterocycles. The van der Waals surface area contributed by atoms with Crippen LogP contribution in [0.5, 0.6) is 0 Å². The maximum atomic E-state index is 10.4. The first-order valence-corrected chi connectivity index (χ1v) is 5.95. The fourth-order valence-electron chi connectivity index (χ4n) is 0.937. The highest BCUT2D eigenvalue weighted by molar-refractivity contribution is 7.79. The summed E-state index contributed by atoms with van der Waals surface area (Å²) >= 11 is 5.32. The van der Waals surface area contributed by atoms with Crippen LogP contribution in [0, 0.1) is 0 Å². The van der Waals surface area contributed by atoms with Gasteiger partial charge in [0.25, 0.3) is 0 Å². The van der Waals surface area contributed by atoms with E-state index in [0.29, 0.717) is 5.02 Å². The number of rotatable bonds is 3. The van der Waals surface area contributed by atoms with E-state index in [4.69, 9.17) is 11.6 Å².